The third kappa shape index (κ3) is 3.43. The number of likely N-dealkylation sites (tertiary alicyclic amines) is 1. The van der Waals surface area contributed by atoms with Gasteiger partial charge in [0.2, 0.25) is 0 Å². The molecule has 15 heavy (non-hydrogen) atoms. The molecule has 0 radical (unpaired) electrons. The van der Waals surface area contributed by atoms with Gasteiger partial charge in [-0.15, -0.1) is 0 Å². The van der Waals surface area contributed by atoms with Gasteiger partial charge in [0.05, 0.1) is 0 Å². The largest absolute Gasteiger partial charge is 0.371 e. The molecule has 1 aromatic rings. The van der Waals surface area contributed by atoms with Gasteiger partial charge in [0.15, 0.2) is 0 Å². The monoisotopic (exact) mass is 203 g/mol. The molecule has 0 unspecified atom stereocenters. The zero-order valence-electron chi connectivity index (χ0n) is 9.87. The fraction of sp³-hybridized carbons (Fsp3) is 0.429. The molecule has 0 bridgehead atoms. The molecule has 0 spiro atoms. The zero-order valence-corrected chi connectivity index (χ0v) is 9.87. The molecular formula is C14H21N. The normalized spacial score (nSPS) is 14.8. The Bertz CT molecular complexity index is 289. The molecule has 1 aliphatic heterocycles. The van der Waals surface area contributed by atoms with Crippen LogP contribution >= 0.6 is 0 Å². The maximum Gasteiger partial charge on any atom is 0.0426 e. The van der Waals surface area contributed by atoms with Crippen molar-refractivity contribution in [2.75, 3.05) is 6.54 Å². The second-order valence-corrected chi connectivity index (χ2v) is 3.58. The third-order valence-electron chi connectivity index (χ3n) is 2.56. The van der Waals surface area contributed by atoms with Crippen molar-refractivity contribution in [3.63, 3.8) is 0 Å². The Morgan fingerprint density at radius 3 is 2.40 bits per heavy atom. The molecule has 1 heterocycles. The van der Waals surface area contributed by atoms with Crippen molar-refractivity contribution in [2.24, 2.45) is 0 Å². The molecule has 2 rings (SSSR count). The van der Waals surface area contributed by atoms with Gasteiger partial charge in [0, 0.05) is 18.8 Å². The van der Waals surface area contributed by atoms with Gasteiger partial charge in [0.25, 0.3) is 0 Å². The van der Waals surface area contributed by atoms with E-state index in [4.69, 9.17) is 0 Å². The second-order valence-electron chi connectivity index (χ2n) is 3.58. The molecule has 1 heteroatoms. The first-order valence-corrected chi connectivity index (χ1v) is 5.83. The Morgan fingerprint density at radius 1 is 1.20 bits per heavy atom. The summed E-state index contributed by atoms with van der Waals surface area (Å²) < 4.78 is 0. The smallest absolute Gasteiger partial charge is 0.0426 e. The fourth-order valence-electron chi connectivity index (χ4n) is 1.78. The summed E-state index contributed by atoms with van der Waals surface area (Å²) in [6.07, 6.45) is 2.44. The van der Waals surface area contributed by atoms with E-state index in [1.54, 1.807) is 0 Å². The lowest BCUT2D eigenvalue weighted by Crippen LogP contribution is -2.16. The fourth-order valence-corrected chi connectivity index (χ4v) is 1.78. The number of nitrogens with zero attached hydrogens (tertiary/aromatic N) is 1. The van der Waals surface area contributed by atoms with Gasteiger partial charge < -0.3 is 4.90 Å². The average Bonchev–Trinajstić information content (AvgIpc) is 2.69. The quantitative estimate of drug-likeness (QED) is 0.706. The minimum Gasteiger partial charge on any atom is -0.371 e. The third-order valence-corrected chi connectivity index (χ3v) is 2.56. The number of rotatable bonds is 2. The lowest BCUT2D eigenvalue weighted by atomic mass is 10.2. The summed E-state index contributed by atoms with van der Waals surface area (Å²) in [6, 6.07) is 10.6. The first-order chi connectivity index (χ1) is 7.36. The van der Waals surface area contributed by atoms with Gasteiger partial charge in [-0.2, -0.15) is 0 Å². The Kier molecular flexibility index (Phi) is 4.96. The highest BCUT2D eigenvalue weighted by Gasteiger charge is 2.14. The summed E-state index contributed by atoms with van der Waals surface area (Å²) >= 11 is 0. The van der Waals surface area contributed by atoms with Crippen LogP contribution in [0.3, 0.4) is 0 Å². The van der Waals surface area contributed by atoms with E-state index >= 15 is 0 Å². The zero-order chi connectivity index (χ0) is 11.1. The van der Waals surface area contributed by atoms with Crippen LogP contribution in [0.4, 0.5) is 0 Å². The maximum atomic E-state index is 4.06. The van der Waals surface area contributed by atoms with Crippen molar-refractivity contribution in [2.45, 2.75) is 33.2 Å². The molecule has 0 amide bonds. The summed E-state index contributed by atoms with van der Waals surface area (Å²) in [5.74, 6) is 0. The summed E-state index contributed by atoms with van der Waals surface area (Å²) in [4.78, 5) is 2.37. The van der Waals surface area contributed by atoms with E-state index in [0.717, 1.165) is 6.54 Å². The van der Waals surface area contributed by atoms with Gasteiger partial charge in [-0.25, -0.2) is 0 Å². The van der Waals surface area contributed by atoms with Crippen LogP contribution < -0.4 is 0 Å². The Labute approximate surface area is 93.4 Å². The van der Waals surface area contributed by atoms with Gasteiger partial charge in [0.1, 0.15) is 0 Å². The van der Waals surface area contributed by atoms with E-state index in [2.05, 4.69) is 41.8 Å². The minimum atomic E-state index is 1.03. The van der Waals surface area contributed by atoms with Crippen LogP contribution in [0.1, 0.15) is 32.3 Å². The van der Waals surface area contributed by atoms with Crippen LogP contribution in [0.15, 0.2) is 42.6 Å². The maximum absolute atomic E-state index is 4.06. The highest BCUT2D eigenvalue weighted by atomic mass is 15.1. The predicted octanol–water partition coefficient (Wildman–Crippen LogP) is 3.82. The summed E-state index contributed by atoms with van der Waals surface area (Å²) in [7, 11) is 0. The minimum absolute atomic E-state index is 1.03. The highest BCUT2D eigenvalue weighted by Crippen LogP contribution is 2.21. The van der Waals surface area contributed by atoms with Crippen molar-refractivity contribution < 1.29 is 0 Å². The lowest BCUT2D eigenvalue weighted by Gasteiger charge is -2.18. The molecule has 1 aromatic carbocycles. The molecule has 0 saturated carbocycles. The van der Waals surface area contributed by atoms with Gasteiger partial charge in [-0.05, 0) is 18.4 Å². The molecule has 82 valence electrons. The molecule has 1 fully saturated rings. The highest BCUT2D eigenvalue weighted by molar-refractivity contribution is 5.16. The van der Waals surface area contributed by atoms with E-state index in [1.807, 2.05) is 13.8 Å². The molecule has 0 aliphatic carbocycles. The number of allylic oxidation sites excluding steroid dienone is 1. The van der Waals surface area contributed by atoms with Crippen LogP contribution in [-0.2, 0) is 6.54 Å². The Hall–Kier alpha value is -1.24. The van der Waals surface area contributed by atoms with Crippen molar-refractivity contribution in [1.29, 1.82) is 0 Å². The number of hydrogen-bond donors (Lipinski definition) is 0. The molecule has 1 aliphatic rings. The van der Waals surface area contributed by atoms with Crippen LogP contribution in [0.5, 0.6) is 0 Å². The average molecular weight is 203 g/mol. The molecule has 1 nitrogen and oxygen atoms in total. The van der Waals surface area contributed by atoms with Crippen molar-refractivity contribution >= 4 is 0 Å². The van der Waals surface area contributed by atoms with E-state index in [-0.39, 0.29) is 0 Å². The van der Waals surface area contributed by atoms with Crippen LogP contribution in [0, 0.1) is 0 Å². The van der Waals surface area contributed by atoms with Gasteiger partial charge in [-0.3, -0.25) is 0 Å². The van der Waals surface area contributed by atoms with Gasteiger partial charge in [-0.1, -0.05) is 50.8 Å². The number of hydrogen-bond acceptors (Lipinski definition) is 1. The topological polar surface area (TPSA) is 3.24 Å². The number of benzene rings is 1. The molecule has 1 saturated heterocycles. The van der Waals surface area contributed by atoms with Crippen molar-refractivity contribution in [3.8, 4) is 0 Å². The molecule has 0 atom stereocenters. The SMILES string of the molecule is C=C1CCCN1Cc1ccccc1.CC. The summed E-state index contributed by atoms with van der Waals surface area (Å²) in [5.41, 5.74) is 2.68. The first-order valence-electron chi connectivity index (χ1n) is 5.83. The van der Waals surface area contributed by atoms with E-state index in [9.17, 15) is 0 Å². The lowest BCUT2D eigenvalue weighted by molar-refractivity contribution is 0.387. The van der Waals surface area contributed by atoms with Crippen LogP contribution in [-0.4, -0.2) is 11.4 Å². The standard InChI is InChI=1S/C12H15N.C2H6/c1-11-6-5-9-13(11)10-12-7-3-2-4-8-12;1-2/h2-4,7-8H,1,5-6,9-10H2;1-2H3. The van der Waals surface area contributed by atoms with Crippen LogP contribution in [0.25, 0.3) is 0 Å². The summed E-state index contributed by atoms with van der Waals surface area (Å²) in [5, 5.41) is 0. The molecular weight excluding hydrogens is 182 g/mol. The molecule has 0 N–H and O–H groups in total. The van der Waals surface area contributed by atoms with Gasteiger partial charge >= 0.3 is 0 Å². The molecule has 0 aromatic heterocycles. The van der Waals surface area contributed by atoms with Crippen LogP contribution in [0.2, 0.25) is 0 Å². The second kappa shape index (κ2) is 6.28. The van der Waals surface area contributed by atoms with Crippen molar-refractivity contribution in [1.82, 2.24) is 4.90 Å². The van der Waals surface area contributed by atoms with E-state index in [1.165, 1.54) is 30.6 Å². The predicted molar refractivity (Wildman–Crippen MR) is 66.6 cm³/mol. The van der Waals surface area contributed by atoms with E-state index in [0.29, 0.717) is 0 Å². The first kappa shape index (κ1) is 11.8. The van der Waals surface area contributed by atoms with E-state index < -0.39 is 0 Å². The summed E-state index contributed by atoms with van der Waals surface area (Å²) in [6.45, 7) is 10.3. The Balaban J connectivity index is 0.000000531. The Morgan fingerprint density at radius 2 is 1.87 bits per heavy atom. The van der Waals surface area contributed by atoms with Crippen molar-refractivity contribution in [3.05, 3.63) is 48.2 Å².